The molecule has 0 aliphatic carbocycles. The molecule has 0 saturated carbocycles. The van der Waals surface area contributed by atoms with Crippen LogP contribution in [0.15, 0.2) is 59.0 Å². The van der Waals surface area contributed by atoms with Gasteiger partial charge in [-0.3, -0.25) is 14.3 Å². The first-order chi connectivity index (χ1) is 10.6. The van der Waals surface area contributed by atoms with Crippen molar-refractivity contribution in [2.75, 3.05) is 0 Å². The first kappa shape index (κ1) is 13.9. The Morgan fingerprint density at radius 3 is 2.73 bits per heavy atom. The van der Waals surface area contributed by atoms with Crippen LogP contribution in [0.5, 0.6) is 0 Å². The molecule has 3 heterocycles. The Morgan fingerprint density at radius 1 is 1.23 bits per heavy atom. The Bertz CT molecular complexity index is 968. The van der Waals surface area contributed by atoms with Crippen LogP contribution < -0.4 is 11.2 Å². The van der Waals surface area contributed by atoms with Gasteiger partial charge in [0, 0.05) is 19.4 Å². The second kappa shape index (κ2) is 5.40. The molecule has 0 bridgehead atoms. The van der Waals surface area contributed by atoms with Gasteiger partial charge in [0.2, 0.25) is 0 Å². The van der Waals surface area contributed by atoms with Gasteiger partial charge in [-0.15, -0.1) is 6.58 Å². The number of aromatic nitrogens is 4. The van der Waals surface area contributed by atoms with Gasteiger partial charge in [-0.25, -0.2) is 14.3 Å². The van der Waals surface area contributed by atoms with Crippen LogP contribution in [0, 0.1) is 0 Å². The minimum atomic E-state index is -0.450. The van der Waals surface area contributed by atoms with Crippen molar-refractivity contribution in [2.24, 2.45) is 7.05 Å². The van der Waals surface area contributed by atoms with Crippen molar-refractivity contribution < 1.29 is 0 Å². The topological polar surface area (TPSA) is 69.8 Å². The molecule has 6 heteroatoms. The maximum atomic E-state index is 12.6. The summed E-state index contributed by atoms with van der Waals surface area (Å²) in [7, 11) is 1.61. The number of nitrogens with zero attached hydrogens (tertiary/aromatic N) is 4. The van der Waals surface area contributed by atoms with Crippen LogP contribution in [0.2, 0.25) is 0 Å². The Hall–Kier alpha value is -3.02. The van der Waals surface area contributed by atoms with Crippen molar-refractivity contribution in [1.82, 2.24) is 19.1 Å². The summed E-state index contributed by atoms with van der Waals surface area (Å²) in [5, 5.41) is 0.425. The zero-order chi connectivity index (χ0) is 15.7. The van der Waals surface area contributed by atoms with Crippen molar-refractivity contribution in [3.05, 3.63) is 75.8 Å². The quantitative estimate of drug-likeness (QED) is 0.681. The Kier molecular flexibility index (Phi) is 3.42. The molecule has 0 unspecified atom stereocenters. The number of aryl methyl sites for hydroxylation is 1. The van der Waals surface area contributed by atoms with Crippen molar-refractivity contribution in [2.45, 2.75) is 6.42 Å². The van der Waals surface area contributed by atoms with Gasteiger partial charge in [0.15, 0.2) is 0 Å². The zero-order valence-corrected chi connectivity index (χ0v) is 12.1. The Labute approximate surface area is 126 Å². The largest absolute Gasteiger partial charge is 0.337 e. The van der Waals surface area contributed by atoms with Gasteiger partial charge in [-0.2, -0.15) is 0 Å². The molecular formula is C16H14N4O2. The summed E-state index contributed by atoms with van der Waals surface area (Å²) in [5.74, 6) is 0.303. The van der Waals surface area contributed by atoms with E-state index in [0.717, 1.165) is 10.1 Å². The minimum Gasteiger partial charge on any atom is -0.294 e. The molecule has 3 aromatic rings. The zero-order valence-electron chi connectivity index (χ0n) is 12.1. The molecule has 3 aromatic heterocycles. The number of pyridine rings is 2. The lowest BCUT2D eigenvalue weighted by Gasteiger charge is -2.09. The molecule has 3 rings (SSSR count). The highest BCUT2D eigenvalue weighted by Gasteiger charge is 2.13. The number of hydrogen-bond acceptors (Lipinski definition) is 4. The van der Waals surface area contributed by atoms with E-state index >= 15 is 0 Å². The molecule has 0 saturated heterocycles. The summed E-state index contributed by atoms with van der Waals surface area (Å²) >= 11 is 0. The fourth-order valence-electron chi connectivity index (χ4n) is 2.33. The molecule has 0 spiro atoms. The van der Waals surface area contributed by atoms with E-state index in [2.05, 4.69) is 16.5 Å². The van der Waals surface area contributed by atoms with Crippen LogP contribution in [-0.4, -0.2) is 19.1 Å². The standard InChI is InChI=1S/C16H14N4O2/c1-3-4-11-5-6-14(18-9-11)20-15(21)12-7-8-17-10-13(12)19(2)16(20)22/h3,5-10H,1,4H2,2H3. The highest BCUT2D eigenvalue weighted by Crippen LogP contribution is 2.07. The fourth-order valence-corrected chi connectivity index (χ4v) is 2.33. The van der Waals surface area contributed by atoms with E-state index in [0.29, 0.717) is 23.1 Å². The third kappa shape index (κ3) is 2.14. The normalized spacial score (nSPS) is 10.8. The monoisotopic (exact) mass is 294 g/mol. The SMILES string of the molecule is C=CCc1ccc(-n2c(=O)c3ccncc3n(C)c2=O)nc1. The predicted octanol–water partition coefficient (Wildman–Crippen LogP) is 1.21. The molecule has 0 N–H and O–H groups in total. The average Bonchev–Trinajstić information content (AvgIpc) is 2.55. The molecule has 22 heavy (non-hydrogen) atoms. The van der Waals surface area contributed by atoms with Gasteiger partial charge < -0.3 is 0 Å². The smallest absolute Gasteiger partial charge is 0.294 e. The molecule has 0 radical (unpaired) electrons. The first-order valence-corrected chi connectivity index (χ1v) is 6.75. The van der Waals surface area contributed by atoms with E-state index in [1.54, 1.807) is 31.5 Å². The Morgan fingerprint density at radius 2 is 2.05 bits per heavy atom. The summed E-state index contributed by atoms with van der Waals surface area (Å²) in [6.45, 7) is 3.67. The van der Waals surface area contributed by atoms with Crippen molar-refractivity contribution in [1.29, 1.82) is 0 Å². The van der Waals surface area contributed by atoms with E-state index in [4.69, 9.17) is 0 Å². The second-order valence-corrected chi connectivity index (χ2v) is 4.89. The van der Waals surface area contributed by atoms with Gasteiger partial charge in [-0.05, 0) is 24.1 Å². The van der Waals surface area contributed by atoms with Gasteiger partial charge in [0.25, 0.3) is 5.56 Å². The fraction of sp³-hybridized carbons (Fsp3) is 0.125. The summed E-state index contributed by atoms with van der Waals surface area (Å²) in [4.78, 5) is 33.2. The van der Waals surface area contributed by atoms with Crippen LogP contribution in [0.25, 0.3) is 16.7 Å². The van der Waals surface area contributed by atoms with Gasteiger partial charge >= 0.3 is 5.69 Å². The van der Waals surface area contributed by atoms with E-state index < -0.39 is 11.2 Å². The minimum absolute atomic E-state index is 0.303. The highest BCUT2D eigenvalue weighted by atomic mass is 16.2. The molecule has 0 fully saturated rings. The highest BCUT2D eigenvalue weighted by molar-refractivity contribution is 5.76. The third-order valence-electron chi connectivity index (χ3n) is 3.49. The van der Waals surface area contributed by atoms with Crippen LogP contribution >= 0.6 is 0 Å². The summed E-state index contributed by atoms with van der Waals surface area (Å²) in [6.07, 6.45) is 7.12. The molecule has 6 nitrogen and oxygen atoms in total. The molecule has 0 aromatic carbocycles. The van der Waals surface area contributed by atoms with E-state index in [9.17, 15) is 9.59 Å². The van der Waals surface area contributed by atoms with Gasteiger partial charge in [0.1, 0.15) is 5.82 Å². The van der Waals surface area contributed by atoms with Crippen molar-refractivity contribution in [3.63, 3.8) is 0 Å². The molecule has 0 amide bonds. The first-order valence-electron chi connectivity index (χ1n) is 6.75. The number of fused-ring (bicyclic) bond motifs is 1. The second-order valence-electron chi connectivity index (χ2n) is 4.89. The molecular weight excluding hydrogens is 280 g/mol. The van der Waals surface area contributed by atoms with Crippen LogP contribution in [0.3, 0.4) is 0 Å². The lowest BCUT2D eigenvalue weighted by Crippen LogP contribution is -2.38. The maximum Gasteiger partial charge on any atom is 0.337 e. The van der Waals surface area contributed by atoms with Crippen LogP contribution in [0.1, 0.15) is 5.56 Å². The third-order valence-corrected chi connectivity index (χ3v) is 3.49. The van der Waals surface area contributed by atoms with Crippen molar-refractivity contribution in [3.8, 4) is 5.82 Å². The molecule has 0 aliphatic rings. The molecule has 0 aliphatic heterocycles. The van der Waals surface area contributed by atoms with E-state index in [1.807, 2.05) is 6.07 Å². The number of allylic oxidation sites excluding steroid dienone is 1. The lowest BCUT2D eigenvalue weighted by atomic mass is 10.2. The van der Waals surface area contributed by atoms with Crippen LogP contribution in [0.4, 0.5) is 0 Å². The number of rotatable bonds is 3. The van der Waals surface area contributed by atoms with Gasteiger partial charge in [0.05, 0.1) is 17.1 Å². The van der Waals surface area contributed by atoms with Crippen LogP contribution in [-0.2, 0) is 13.5 Å². The average molecular weight is 294 g/mol. The van der Waals surface area contributed by atoms with E-state index in [1.165, 1.54) is 17.0 Å². The number of hydrogen-bond donors (Lipinski definition) is 0. The van der Waals surface area contributed by atoms with Gasteiger partial charge in [-0.1, -0.05) is 12.1 Å². The predicted molar refractivity (Wildman–Crippen MR) is 84.3 cm³/mol. The summed E-state index contributed by atoms with van der Waals surface area (Å²) in [6, 6.07) is 5.08. The summed E-state index contributed by atoms with van der Waals surface area (Å²) in [5.41, 5.74) is 0.615. The summed E-state index contributed by atoms with van der Waals surface area (Å²) < 4.78 is 2.46. The molecule has 110 valence electrons. The van der Waals surface area contributed by atoms with E-state index in [-0.39, 0.29) is 0 Å². The van der Waals surface area contributed by atoms with Crippen molar-refractivity contribution >= 4 is 10.9 Å². The molecule has 0 atom stereocenters. The lowest BCUT2D eigenvalue weighted by molar-refractivity contribution is 0.758. The maximum absolute atomic E-state index is 12.6. The Balaban J connectivity index is 2.29.